The first-order valence-corrected chi connectivity index (χ1v) is 5.54. The average Bonchev–Trinajstić information content (AvgIpc) is 3.00. The van der Waals surface area contributed by atoms with E-state index in [9.17, 15) is 9.18 Å². The van der Waals surface area contributed by atoms with Gasteiger partial charge in [-0.05, 0) is 35.9 Å². The lowest BCUT2D eigenvalue weighted by molar-refractivity contribution is -0.130. The minimum Gasteiger partial charge on any atom is -0.459 e. The highest BCUT2D eigenvalue weighted by molar-refractivity contribution is 6.11. The molecule has 1 aliphatic rings. The molecule has 1 aromatic carbocycles. The summed E-state index contributed by atoms with van der Waals surface area (Å²) < 4.78 is 23.1. The van der Waals surface area contributed by atoms with Crippen molar-refractivity contribution >= 4 is 17.9 Å². The van der Waals surface area contributed by atoms with Crippen LogP contribution in [0.3, 0.4) is 0 Å². The predicted molar refractivity (Wildman–Crippen MR) is 65.7 cm³/mol. The number of carbonyl (C=O) groups is 1. The average molecular weight is 257 g/mol. The Balaban J connectivity index is 1.95. The molecule has 94 valence electrons. The van der Waals surface area contributed by atoms with Gasteiger partial charge in [-0.15, -0.1) is 0 Å². The SMILES string of the molecule is O=C1OC(c2ccco2)=N/C1=C\c1cccc(F)c1. The van der Waals surface area contributed by atoms with Crippen molar-refractivity contribution in [1.29, 1.82) is 0 Å². The van der Waals surface area contributed by atoms with Gasteiger partial charge in [0.2, 0.25) is 0 Å². The van der Waals surface area contributed by atoms with Gasteiger partial charge in [-0.25, -0.2) is 14.2 Å². The van der Waals surface area contributed by atoms with Crippen LogP contribution in [0.5, 0.6) is 0 Å². The molecule has 0 spiro atoms. The number of hydrogen-bond acceptors (Lipinski definition) is 4. The molecule has 2 aromatic rings. The van der Waals surface area contributed by atoms with Crippen LogP contribution in [0.2, 0.25) is 0 Å². The fourth-order valence-corrected chi connectivity index (χ4v) is 1.67. The number of carbonyl (C=O) groups excluding carboxylic acids is 1. The number of hydrogen-bond donors (Lipinski definition) is 0. The second kappa shape index (κ2) is 4.53. The molecule has 1 aliphatic heterocycles. The molecule has 1 aromatic heterocycles. The van der Waals surface area contributed by atoms with Gasteiger partial charge in [0.1, 0.15) is 5.82 Å². The van der Waals surface area contributed by atoms with Crippen LogP contribution < -0.4 is 0 Å². The molecule has 4 nitrogen and oxygen atoms in total. The maximum Gasteiger partial charge on any atom is 0.363 e. The number of esters is 1. The van der Waals surface area contributed by atoms with Crippen LogP contribution >= 0.6 is 0 Å². The highest BCUT2D eigenvalue weighted by Crippen LogP contribution is 2.19. The summed E-state index contributed by atoms with van der Waals surface area (Å²) in [5.41, 5.74) is 0.647. The summed E-state index contributed by atoms with van der Waals surface area (Å²) in [6, 6.07) is 9.16. The molecule has 0 aliphatic carbocycles. The maximum atomic E-state index is 13.0. The van der Waals surface area contributed by atoms with Crippen molar-refractivity contribution < 1.29 is 18.3 Å². The van der Waals surface area contributed by atoms with Gasteiger partial charge in [-0.1, -0.05) is 12.1 Å². The highest BCUT2D eigenvalue weighted by atomic mass is 19.1. The number of furan rings is 1. The first kappa shape index (κ1) is 11.4. The zero-order chi connectivity index (χ0) is 13.2. The van der Waals surface area contributed by atoms with Crippen LogP contribution in [0.1, 0.15) is 11.3 Å². The van der Waals surface area contributed by atoms with Crippen LogP contribution in [-0.4, -0.2) is 11.9 Å². The molecule has 19 heavy (non-hydrogen) atoms. The van der Waals surface area contributed by atoms with E-state index in [4.69, 9.17) is 9.15 Å². The normalized spacial score (nSPS) is 16.6. The third-order valence-corrected chi connectivity index (χ3v) is 2.50. The maximum absolute atomic E-state index is 13.0. The Morgan fingerprint density at radius 2 is 2.11 bits per heavy atom. The summed E-state index contributed by atoms with van der Waals surface area (Å²) in [7, 11) is 0. The summed E-state index contributed by atoms with van der Waals surface area (Å²) in [4.78, 5) is 15.7. The molecule has 0 bridgehead atoms. The quantitative estimate of drug-likeness (QED) is 0.614. The van der Waals surface area contributed by atoms with E-state index in [-0.39, 0.29) is 17.4 Å². The summed E-state index contributed by atoms with van der Waals surface area (Å²) in [6.45, 7) is 0. The fraction of sp³-hybridized carbons (Fsp3) is 0. The number of aliphatic imine (C=N–C) groups is 1. The van der Waals surface area contributed by atoms with Crippen molar-refractivity contribution in [2.24, 2.45) is 4.99 Å². The first-order valence-electron chi connectivity index (χ1n) is 5.54. The van der Waals surface area contributed by atoms with Gasteiger partial charge in [-0.3, -0.25) is 0 Å². The Hall–Kier alpha value is -2.69. The number of rotatable bonds is 2. The van der Waals surface area contributed by atoms with E-state index in [1.165, 1.54) is 24.5 Å². The molecule has 0 fully saturated rings. The Kier molecular flexibility index (Phi) is 2.72. The lowest BCUT2D eigenvalue weighted by atomic mass is 10.2. The van der Waals surface area contributed by atoms with Crippen molar-refractivity contribution in [3.8, 4) is 0 Å². The molecule has 5 heteroatoms. The minimum absolute atomic E-state index is 0.108. The van der Waals surface area contributed by atoms with E-state index >= 15 is 0 Å². The molecule has 0 unspecified atom stereocenters. The molecule has 0 saturated heterocycles. The lowest BCUT2D eigenvalue weighted by Gasteiger charge is -1.94. The van der Waals surface area contributed by atoms with E-state index in [2.05, 4.69) is 4.99 Å². The van der Waals surface area contributed by atoms with Gasteiger partial charge < -0.3 is 9.15 Å². The van der Waals surface area contributed by atoms with Crippen molar-refractivity contribution in [3.63, 3.8) is 0 Å². The lowest BCUT2D eigenvalue weighted by Crippen LogP contribution is -2.04. The second-order valence-electron chi connectivity index (χ2n) is 3.87. The first-order chi connectivity index (χ1) is 9.22. The van der Waals surface area contributed by atoms with Gasteiger partial charge in [0.05, 0.1) is 6.26 Å². The van der Waals surface area contributed by atoms with Crippen molar-refractivity contribution in [2.45, 2.75) is 0 Å². The van der Waals surface area contributed by atoms with Crippen molar-refractivity contribution in [2.75, 3.05) is 0 Å². The fourth-order valence-electron chi connectivity index (χ4n) is 1.67. The number of halogens is 1. The van der Waals surface area contributed by atoms with E-state index < -0.39 is 5.97 Å². The van der Waals surface area contributed by atoms with Gasteiger partial charge >= 0.3 is 5.97 Å². The third-order valence-electron chi connectivity index (χ3n) is 2.50. The molecule has 0 saturated carbocycles. The van der Waals surface area contributed by atoms with Crippen molar-refractivity contribution in [3.05, 3.63) is 65.5 Å². The number of benzene rings is 1. The van der Waals surface area contributed by atoms with Crippen LogP contribution in [0, 0.1) is 5.82 Å². The van der Waals surface area contributed by atoms with Crippen molar-refractivity contribution in [1.82, 2.24) is 0 Å². The van der Waals surface area contributed by atoms with E-state index in [0.717, 1.165) is 0 Å². The number of ether oxygens (including phenoxy) is 1. The van der Waals surface area contributed by atoms with Crippen LogP contribution in [0.15, 0.2) is 57.8 Å². The summed E-state index contributed by atoms with van der Waals surface area (Å²) >= 11 is 0. The third kappa shape index (κ3) is 2.30. The number of cyclic esters (lactones) is 1. The predicted octanol–water partition coefficient (Wildman–Crippen LogP) is 2.76. The Labute approximate surface area is 107 Å². The van der Waals surface area contributed by atoms with Crippen LogP contribution in [0.25, 0.3) is 6.08 Å². The van der Waals surface area contributed by atoms with Gasteiger partial charge in [-0.2, -0.15) is 0 Å². The molecule has 0 N–H and O–H groups in total. The van der Waals surface area contributed by atoms with E-state index in [0.29, 0.717) is 11.3 Å². The van der Waals surface area contributed by atoms with Gasteiger partial charge in [0.15, 0.2) is 11.5 Å². The smallest absolute Gasteiger partial charge is 0.363 e. The minimum atomic E-state index is -0.587. The summed E-state index contributed by atoms with van der Waals surface area (Å²) in [6.07, 6.45) is 2.92. The number of nitrogens with zero attached hydrogens (tertiary/aromatic N) is 1. The summed E-state index contributed by atoms with van der Waals surface area (Å²) in [5, 5.41) is 0. The molecular weight excluding hydrogens is 249 g/mol. The van der Waals surface area contributed by atoms with Crippen LogP contribution in [0.4, 0.5) is 4.39 Å². The topological polar surface area (TPSA) is 51.8 Å². The summed E-state index contributed by atoms with van der Waals surface area (Å²) in [5.74, 6) is -0.486. The van der Waals surface area contributed by atoms with E-state index in [1.807, 2.05) is 0 Å². The largest absolute Gasteiger partial charge is 0.459 e. The molecular formula is C14H8FNO3. The zero-order valence-corrected chi connectivity index (χ0v) is 9.67. The standard InChI is InChI=1S/C14H8FNO3/c15-10-4-1-3-9(7-10)8-11-14(17)19-13(16-11)12-5-2-6-18-12/h1-8H/b11-8-. The Bertz CT molecular complexity index is 686. The molecule has 0 amide bonds. The zero-order valence-electron chi connectivity index (χ0n) is 9.67. The Morgan fingerprint density at radius 3 is 2.84 bits per heavy atom. The molecule has 0 atom stereocenters. The monoisotopic (exact) mass is 257 g/mol. The highest BCUT2D eigenvalue weighted by Gasteiger charge is 2.25. The Morgan fingerprint density at radius 1 is 1.21 bits per heavy atom. The molecule has 3 rings (SSSR count). The van der Waals surface area contributed by atoms with Gasteiger partial charge in [0, 0.05) is 0 Å². The van der Waals surface area contributed by atoms with E-state index in [1.54, 1.807) is 24.3 Å². The molecule has 0 radical (unpaired) electrons. The second-order valence-corrected chi connectivity index (χ2v) is 3.87. The van der Waals surface area contributed by atoms with Crippen LogP contribution in [-0.2, 0) is 9.53 Å². The van der Waals surface area contributed by atoms with Gasteiger partial charge in [0.25, 0.3) is 5.90 Å². The molecule has 2 heterocycles.